The second-order valence-corrected chi connectivity index (χ2v) is 5.84. The van der Waals surface area contributed by atoms with Crippen molar-refractivity contribution in [1.29, 1.82) is 0 Å². The zero-order chi connectivity index (χ0) is 14.5. The Hall–Kier alpha value is -0.330. The predicted molar refractivity (Wildman–Crippen MR) is 71.2 cm³/mol. The third-order valence-corrected chi connectivity index (χ3v) is 3.66. The van der Waals surface area contributed by atoms with Gasteiger partial charge in [-0.1, -0.05) is 0 Å². The summed E-state index contributed by atoms with van der Waals surface area (Å²) in [5.41, 5.74) is 0. The van der Waals surface area contributed by atoms with Gasteiger partial charge in [0.15, 0.2) is 0 Å². The summed E-state index contributed by atoms with van der Waals surface area (Å²) in [6, 6.07) is 0.169. The molecule has 0 aliphatic carbocycles. The Morgan fingerprint density at radius 2 is 1.84 bits per heavy atom. The van der Waals surface area contributed by atoms with Gasteiger partial charge in [0.1, 0.15) is 0 Å². The van der Waals surface area contributed by atoms with E-state index in [0.29, 0.717) is 6.54 Å². The van der Waals surface area contributed by atoms with E-state index in [2.05, 4.69) is 29.2 Å². The maximum Gasteiger partial charge on any atom is 0.401 e. The molecule has 0 saturated carbocycles. The van der Waals surface area contributed by atoms with Crippen LogP contribution in [0.4, 0.5) is 13.2 Å². The fraction of sp³-hybridized carbons (Fsp3) is 1.00. The van der Waals surface area contributed by atoms with Gasteiger partial charge in [0.05, 0.1) is 6.54 Å². The number of nitrogens with zero attached hydrogens (tertiary/aromatic N) is 2. The van der Waals surface area contributed by atoms with Gasteiger partial charge in [-0.2, -0.15) is 13.2 Å². The van der Waals surface area contributed by atoms with Crippen molar-refractivity contribution < 1.29 is 13.2 Å². The Morgan fingerprint density at radius 1 is 1.26 bits per heavy atom. The number of hydrogen-bond donors (Lipinski definition) is 1. The first-order valence-electron chi connectivity index (χ1n) is 6.94. The Morgan fingerprint density at radius 3 is 2.32 bits per heavy atom. The Balaban J connectivity index is 2.19. The van der Waals surface area contributed by atoms with Crippen LogP contribution >= 0.6 is 0 Å². The van der Waals surface area contributed by atoms with Gasteiger partial charge in [-0.05, 0) is 52.9 Å². The fourth-order valence-electron chi connectivity index (χ4n) is 2.64. The summed E-state index contributed by atoms with van der Waals surface area (Å²) in [6.07, 6.45) is -1.83. The first-order valence-corrected chi connectivity index (χ1v) is 6.94. The number of nitrogens with one attached hydrogen (secondary N) is 1. The van der Waals surface area contributed by atoms with Crippen LogP contribution in [0.2, 0.25) is 0 Å². The third-order valence-electron chi connectivity index (χ3n) is 3.66. The number of halogens is 3. The molecule has 0 bridgehead atoms. The molecule has 0 spiro atoms. The molecule has 1 aliphatic rings. The summed E-state index contributed by atoms with van der Waals surface area (Å²) in [7, 11) is 4.16. The molecule has 1 heterocycles. The first-order chi connectivity index (χ1) is 8.78. The summed E-state index contributed by atoms with van der Waals surface area (Å²) in [4.78, 5) is 4.49. The molecule has 3 nitrogen and oxygen atoms in total. The van der Waals surface area contributed by atoms with Gasteiger partial charge in [-0.25, -0.2) is 0 Å². The molecular formula is C13H26F3N3. The standard InChI is InChI=1S/C13H26F3N3/c1-11(8-17-10-13(14,15)16)19-6-4-12(5-7-19)9-18(2)3/h11-12,17H,4-10H2,1-3H3. The van der Waals surface area contributed by atoms with Crippen LogP contribution in [0.25, 0.3) is 0 Å². The summed E-state index contributed by atoms with van der Waals surface area (Å²) < 4.78 is 36.1. The highest BCUT2D eigenvalue weighted by Gasteiger charge is 2.27. The minimum Gasteiger partial charge on any atom is -0.309 e. The molecular weight excluding hydrogens is 255 g/mol. The molecule has 1 N–H and O–H groups in total. The van der Waals surface area contributed by atoms with E-state index in [9.17, 15) is 13.2 Å². The lowest BCUT2D eigenvalue weighted by atomic mass is 9.95. The van der Waals surface area contributed by atoms with Crippen molar-refractivity contribution >= 4 is 0 Å². The zero-order valence-electron chi connectivity index (χ0n) is 12.1. The van der Waals surface area contributed by atoms with Crippen LogP contribution in [-0.2, 0) is 0 Å². The molecule has 114 valence electrons. The highest BCUT2D eigenvalue weighted by molar-refractivity contribution is 4.78. The molecule has 19 heavy (non-hydrogen) atoms. The first kappa shape index (κ1) is 16.7. The largest absolute Gasteiger partial charge is 0.401 e. The van der Waals surface area contributed by atoms with E-state index >= 15 is 0 Å². The molecule has 1 fully saturated rings. The molecule has 0 aromatic rings. The normalized spacial score (nSPS) is 21.0. The molecule has 0 amide bonds. The van der Waals surface area contributed by atoms with E-state index in [1.165, 1.54) is 0 Å². The highest BCUT2D eigenvalue weighted by Crippen LogP contribution is 2.19. The van der Waals surface area contributed by atoms with Crippen LogP contribution in [0, 0.1) is 5.92 Å². The third kappa shape index (κ3) is 7.13. The van der Waals surface area contributed by atoms with Gasteiger partial charge in [-0.15, -0.1) is 0 Å². The zero-order valence-corrected chi connectivity index (χ0v) is 12.1. The summed E-state index contributed by atoms with van der Waals surface area (Å²) >= 11 is 0. The molecule has 0 radical (unpaired) electrons. The van der Waals surface area contributed by atoms with Gasteiger partial charge in [0.2, 0.25) is 0 Å². The molecule has 0 aromatic carbocycles. The fourth-order valence-corrected chi connectivity index (χ4v) is 2.64. The van der Waals surface area contributed by atoms with Gasteiger partial charge in [-0.3, -0.25) is 4.90 Å². The number of rotatable bonds is 6. The predicted octanol–water partition coefficient (Wildman–Crippen LogP) is 1.80. The van der Waals surface area contributed by atoms with E-state index in [0.717, 1.165) is 38.4 Å². The van der Waals surface area contributed by atoms with Crippen LogP contribution in [-0.4, -0.2) is 68.8 Å². The van der Waals surface area contributed by atoms with Crippen molar-refractivity contribution in [2.24, 2.45) is 5.92 Å². The Kier molecular flexibility index (Phi) is 6.56. The van der Waals surface area contributed by atoms with E-state index in [-0.39, 0.29) is 6.04 Å². The van der Waals surface area contributed by atoms with Gasteiger partial charge < -0.3 is 10.2 Å². The Bertz CT molecular complexity index is 248. The van der Waals surface area contributed by atoms with Crippen LogP contribution in [0.5, 0.6) is 0 Å². The minimum atomic E-state index is -4.11. The molecule has 6 heteroatoms. The van der Waals surface area contributed by atoms with Crippen molar-refractivity contribution in [3.05, 3.63) is 0 Å². The summed E-state index contributed by atoms with van der Waals surface area (Å²) in [5, 5.41) is 2.49. The van der Waals surface area contributed by atoms with E-state index in [1.807, 2.05) is 6.92 Å². The molecule has 1 rings (SSSR count). The minimum absolute atomic E-state index is 0.169. The number of hydrogen-bond acceptors (Lipinski definition) is 3. The maximum absolute atomic E-state index is 12.0. The van der Waals surface area contributed by atoms with Crippen molar-refractivity contribution in [1.82, 2.24) is 15.1 Å². The lowest BCUT2D eigenvalue weighted by Crippen LogP contribution is -2.46. The monoisotopic (exact) mass is 281 g/mol. The van der Waals surface area contributed by atoms with Gasteiger partial charge >= 0.3 is 6.18 Å². The van der Waals surface area contributed by atoms with Gasteiger partial charge in [0, 0.05) is 19.1 Å². The SMILES string of the molecule is CC(CNCC(F)(F)F)N1CCC(CN(C)C)CC1. The highest BCUT2D eigenvalue weighted by atomic mass is 19.4. The van der Waals surface area contributed by atoms with Crippen LogP contribution in [0.1, 0.15) is 19.8 Å². The van der Waals surface area contributed by atoms with Crippen molar-refractivity contribution in [2.75, 3.05) is 46.8 Å². The molecule has 0 aromatic heterocycles. The van der Waals surface area contributed by atoms with Crippen LogP contribution in [0.15, 0.2) is 0 Å². The van der Waals surface area contributed by atoms with Crippen LogP contribution in [0.3, 0.4) is 0 Å². The Labute approximate surface area is 114 Å². The lowest BCUT2D eigenvalue weighted by Gasteiger charge is -2.37. The smallest absolute Gasteiger partial charge is 0.309 e. The summed E-state index contributed by atoms with van der Waals surface area (Å²) in [5.74, 6) is 0.724. The average molecular weight is 281 g/mol. The number of alkyl halides is 3. The molecule has 1 saturated heterocycles. The summed E-state index contributed by atoms with van der Waals surface area (Å²) in [6.45, 7) is 4.59. The molecule has 1 unspecified atom stereocenters. The van der Waals surface area contributed by atoms with Crippen molar-refractivity contribution in [2.45, 2.75) is 32.0 Å². The second-order valence-electron chi connectivity index (χ2n) is 5.84. The van der Waals surface area contributed by atoms with Crippen LogP contribution < -0.4 is 5.32 Å². The van der Waals surface area contributed by atoms with Gasteiger partial charge in [0.25, 0.3) is 0 Å². The number of piperidine rings is 1. The van der Waals surface area contributed by atoms with Crippen molar-refractivity contribution in [3.8, 4) is 0 Å². The maximum atomic E-state index is 12.0. The number of likely N-dealkylation sites (tertiary alicyclic amines) is 1. The second kappa shape index (κ2) is 7.45. The van der Waals surface area contributed by atoms with E-state index in [1.54, 1.807) is 0 Å². The molecule has 1 atom stereocenters. The quantitative estimate of drug-likeness (QED) is 0.801. The average Bonchev–Trinajstić information content (AvgIpc) is 2.27. The van der Waals surface area contributed by atoms with Crippen molar-refractivity contribution in [3.63, 3.8) is 0 Å². The van der Waals surface area contributed by atoms with E-state index in [4.69, 9.17) is 0 Å². The van der Waals surface area contributed by atoms with E-state index < -0.39 is 12.7 Å². The topological polar surface area (TPSA) is 18.5 Å². The lowest BCUT2D eigenvalue weighted by molar-refractivity contribution is -0.125. The molecule has 1 aliphatic heterocycles.